The highest BCUT2D eigenvalue weighted by atomic mass is 16.5. The van der Waals surface area contributed by atoms with E-state index in [-0.39, 0.29) is 5.97 Å². The van der Waals surface area contributed by atoms with E-state index in [1.54, 1.807) is 6.92 Å². The molecule has 0 unspecified atom stereocenters. The second kappa shape index (κ2) is 5.62. The van der Waals surface area contributed by atoms with Crippen LogP contribution in [0.1, 0.15) is 27.2 Å². The zero-order valence-electron chi connectivity index (χ0n) is 8.02. The van der Waals surface area contributed by atoms with Crippen molar-refractivity contribution in [2.45, 2.75) is 27.2 Å². The van der Waals surface area contributed by atoms with E-state index in [2.05, 4.69) is 12.3 Å². The summed E-state index contributed by atoms with van der Waals surface area (Å²) in [4.78, 5) is 11.1. The van der Waals surface area contributed by atoms with Gasteiger partial charge in [-0.1, -0.05) is 20.4 Å². The van der Waals surface area contributed by atoms with E-state index in [0.717, 1.165) is 0 Å². The molecule has 0 bridgehead atoms. The number of esters is 1. The molecule has 0 spiro atoms. The molecule has 0 heterocycles. The molecular formula is C10H16O2. The summed E-state index contributed by atoms with van der Waals surface area (Å²) in [7, 11) is 0. The molecule has 0 N–H and O–H groups in total. The van der Waals surface area contributed by atoms with Crippen molar-refractivity contribution in [3.8, 4) is 0 Å². The van der Waals surface area contributed by atoms with Crippen molar-refractivity contribution in [1.29, 1.82) is 0 Å². The molecule has 0 aliphatic heterocycles. The van der Waals surface area contributed by atoms with Crippen molar-refractivity contribution < 1.29 is 9.53 Å². The molecule has 0 aromatic heterocycles. The highest BCUT2D eigenvalue weighted by molar-refractivity contribution is 5.88. The smallest absolute Gasteiger partial charge is 0.341 e. The van der Waals surface area contributed by atoms with Crippen LogP contribution in [0.3, 0.4) is 0 Å². The quantitative estimate of drug-likeness (QED) is 0.366. The minimum Gasteiger partial charge on any atom is -0.462 e. The van der Waals surface area contributed by atoms with Crippen molar-refractivity contribution in [1.82, 2.24) is 0 Å². The highest BCUT2D eigenvalue weighted by Gasteiger charge is 2.10. The molecular weight excluding hydrogens is 152 g/mol. The standard InChI is InChI=1S/C10H16O2/c1-5-9(7-8(3)4)10(11)12-6-2/h8H,1,6-7H2,2-4H3. The van der Waals surface area contributed by atoms with E-state index in [1.807, 2.05) is 13.8 Å². The van der Waals surface area contributed by atoms with Crippen LogP contribution < -0.4 is 0 Å². The van der Waals surface area contributed by atoms with E-state index >= 15 is 0 Å². The lowest BCUT2D eigenvalue weighted by Crippen LogP contribution is -2.08. The van der Waals surface area contributed by atoms with Gasteiger partial charge in [0.25, 0.3) is 0 Å². The van der Waals surface area contributed by atoms with E-state index < -0.39 is 0 Å². The van der Waals surface area contributed by atoms with Gasteiger partial charge in [-0.15, -0.1) is 5.73 Å². The van der Waals surface area contributed by atoms with Gasteiger partial charge in [0.15, 0.2) is 0 Å². The molecule has 0 atom stereocenters. The molecule has 0 radical (unpaired) electrons. The Labute approximate surface area is 73.9 Å². The van der Waals surface area contributed by atoms with Gasteiger partial charge >= 0.3 is 5.97 Å². The fourth-order valence-corrected chi connectivity index (χ4v) is 0.854. The third-order valence-corrected chi connectivity index (χ3v) is 1.35. The first kappa shape index (κ1) is 11.0. The SMILES string of the molecule is C=C=C(CC(C)C)C(=O)OCC. The zero-order valence-corrected chi connectivity index (χ0v) is 8.02. The third kappa shape index (κ3) is 3.99. The van der Waals surface area contributed by atoms with Gasteiger partial charge in [-0.2, -0.15) is 0 Å². The Bertz CT molecular complexity index is 198. The van der Waals surface area contributed by atoms with Gasteiger partial charge in [-0.3, -0.25) is 0 Å². The molecule has 0 aliphatic rings. The lowest BCUT2D eigenvalue weighted by Gasteiger charge is -2.06. The number of carbonyl (C=O) groups is 1. The van der Waals surface area contributed by atoms with Crippen LogP contribution in [0.15, 0.2) is 17.9 Å². The van der Waals surface area contributed by atoms with E-state index in [4.69, 9.17) is 4.74 Å². The van der Waals surface area contributed by atoms with Crippen LogP contribution in [0, 0.1) is 5.92 Å². The molecule has 0 aromatic rings. The van der Waals surface area contributed by atoms with Crippen molar-refractivity contribution in [3.05, 3.63) is 17.9 Å². The van der Waals surface area contributed by atoms with Crippen LogP contribution >= 0.6 is 0 Å². The zero-order chi connectivity index (χ0) is 9.56. The van der Waals surface area contributed by atoms with Gasteiger partial charge < -0.3 is 4.74 Å². The first-order valence-corrected chi connectivity index (χ1v) is 4.17. The van der Waals surface area contributed by atoms with E-state index in [1.165, 1.54) is 0 Å². The number of carbonyl (C=O) groups excluding carboxylic acids is 1. The molecule has 0 aliphatic carbocycles. The summed E-state index contributed by atoms with van der Waals surface area (Å²) < 4.78 is 4.82. The Hall–Kier alpha value is -1.01. The van der Waals surface area contributed by atoms with Crippen molar-refractivity contribution in [2.75, 3.05) is 6.61 Å². The lowest BCUT2D eigenvalue weighted by molar-refractivity contribution is -0.138. The maximum atomic E-state index is 11.1. The Balaban J connectivity index is 4.18. The fraction of sp³-hybridized carbons (Fsp3) is 0.600. The summed E-state index contributed by atoms with van der Waals surface area (Å²) in [5.74, 6) is 0.139. The molecule has 0 fully saturated rings. The molecule has 0 saturated heterocycles. The third-order valence-electron chi connectivity index (χ3n) is 1.35. The summed E-state index contributed by atoms with van der Waals surface area (Å²) in [6.45, 7) is 9.72. The predicted molar refractivity (Wildman–Crippen MR) is 48.7 cm³/mol. The van der Waals surface area contributed by atoms with Crippen molar-refractivity contribution in [3.63, 3.8) is 0 Å². The Morgan fingerprint density at radius 1 is 1.58 bits per heavy atom. The van der Waals surface area contributed by atoms with Crippen LogP contribution in [-0.4, -0.2) is 12.6 Å². The van der Waals surface area contributed by atoms with Gasteiger partial charge in [0, 0.05) is 0 Å². The molecule has 0 amide bonds. The summed E-state index contributed by atoms with van der Waals surface area (Å²) in [6.07, 6.45) is 0.683. The highest BCUT2D eigenvalue weighted by Crippen LogP contribution is 2.10. The fourth-order valence-electron chi connectivity index (χ4n) is 0.854. The van der Waals surface area contributed by atoms with E-state index in [0.29, 0.717) is 24.5 Å². The number of ether oxygens (including phenoxy) is 1. The monoisotopic (exact) mass is 168 g/mol. The predicted octanol–water partition coefficient (Wildman–Crippen LogP) is 2.31. The number of hydrogen-bond acceptors (Lipinski definition) is 2. The average Bonchev–Trinajstić information content (AvgIpc) is 2.00. The Morgan fingerprint density at radius 3 is 2.50 bits per heavy atom. The molecule has 0 aromatic carbocycles. The minimum atomic E-state index is -0.291. The van der Waals surface area contributed by atoms with Gasteiger partial charge in [0.05, 0.1) is 12.2 Å². The molecule has 0 rings (SSSR count). The maximum absolute atomic E-state index is 11.1. The second-order valence-electron chi connectivity index (χ2n) is 2.97. The largest absolute Gasteiger partial charge is 0.462 e. The Kier molecular flexibility index (Phi) is 5.14. The minimum absolute atomic E-state index is 0.291. The first-order chi connectivity index (χ1) is 5.61. The lowest BCUT2D eigenvalue weighted by atomic mass is 10.0. The Morgan fingerprint density at radius 2 is 2.17 bits per heavy atom. The van der Waals surface area contributed by atoms with E-state index in [9.17, 15) is 4.79 Å². The molecule has 0 saturated carbocycles. The normalized spacial score (nSPS) is 9.33. The molecule has 68 valence electrons. The van der Waals surface area contributed by atoms with Crippen LogP contribution in [-0.2, 0) is 9.53 Å². The number of rotatable bonds is 4. The topological polar surface area (TPSA) is 26.3 Å². The maximum Gasteiger partial charge on any atom is 0.341 e. The molecule has 2 nitrogen and oxygen atoms in total. The van der Waals surface area contributed by atoms with Crippen LogP contribution in [0.5, 0.6) is 0 Å². The van der Waals surface area contributed by atoms with Gasteiger partial charge in [-0.05, 0) is 19.3 Å². The van der Waals surface area contributed by atoms with Gasteiger partial charge in [0.1, 0.15) is 0 Å². The van der Waals surface area contributed by atoms with Crippen LogP contribution in [0.4, 0.5) is 0 Å². The second-order valence-corrected chi connectivity index (χ2v) is 2.97. The van der Waals surface area contributed by atoms with Crippen LogP contribution in [0.25, 0.3) is 0 Å². The summed E-state index contributed by atoms with van der Waals surface area (Å²) in [6, 6.07) is 0. The number of hydrogen-bond donors (Lipinski definition) is 0. The van der Waals surface area contributed by atoms with Crippen LogP contribution in [0.2, 0.25) is 0 Å². The van der Waals surface area contributed by atoms with Gasteiger partial charge in [-0.25, -0.2) is 4.79 Å². The summed E-state index contributed by atoms with van der Waals surface area (Å²) in [5.41, 5.74) is 3.16. The summed E-state index contributed by atoms with van der Waals surface area (Å²) >= 11 is 0. The van der Waals surface area contributed by atoms with Crippen molar-refractivity contribution >= 4 is 5.97 Å². The van der Waals surface area contributed by atoms with Crippen molar-refractivity contribution in [2.24, 2.45) is 5.92 Å². The molecule has 12 heavy (non-hydrogen) atoms. The first-order valence-electron chi connectivity index (χ1n) is 4.17. The molecule has 2 heteroatoms. The summed E-state index contributed by atoms with van der Waals surface area (Å²) in [5, 5.41) is 0. The van der Waals surface area contributed by atoms with Gasteiger partial charge in [0.2, 0.25) is 0 Å². The average molecular weight is 168 g/mol.